The zero-order chi connectivity index (χ0) is 16.9. The number of esters is 1. The molecule has 0 unspecified atom stereocenters. The second kappa shape index (κ2) is 7.39. The SMILES string of the molecule is CCOC(=O)c1cccc(-c2ccc(COS(C)(=O)=O)cc2)c1. The summed E-state index contributed by atoms with van der Waals surface area (Å²) in [5, 5.41) is 0. The molecule has 0 saturated heterocycles. The molecule has 0 aliphatic heterocycles. The van der Waals surface area contributed by atoms with Crippen LogP contribution in [0, 0.1) is 0 Å². The molecule has 0 spiro atoms. The summed E-state index contributed by atoms with van der Waals surface area (Å²) in [5.74, 6) is -0.354. The summed E-state index contributed by atoms with van der Waals surface area (Å²) in [7, 11) is -3.46. The van der Waals surface area contributed by atoms with E-state index in [1.165, 1.54) is 0 Å². The Labute approximate surface area is 136 Å². The summed E-state index contributed by atoms with van der Waals surface area (Å²) in [6, 6.07) is 14.4. The Morgan fingerprint density at radius 3 is 2.35 bits per heavy atom. The highest BCUT2D eigenvalue weighted by Crippen LogP contribution is 2.22. The second-order valence-corrected chi connectivity index (χ2v) is 6.61. The molecule has 0 atom stereocenters. The fraction of sp³-hybridized carbons (Fsp3) is 0.235. The molecule has 0 saturated carbocycles. The fourth-order valence-electron chi connectivity index (χ4n) is 2.01. The van der Waals surface area contributed by atoms with Crippen molar-refractivity contribution < 1.29 is 22.1 Å². The van der Waals surface area contributed by atoms with Gasteiger partial charge in [-0.3, -0.25) is 4.18 Å². The molecular formula is C17H18O5S. The Morgan fingerprint density at radius 1 is 1.04 bits per heavy atom. The number of hydrogen-bond acceptors (Lipinski definition) is 5. The Hall–Kier alpha value is -2.18. The predicted octanol–water partition coefficient (Wildman–Crippen LogP) is 3.01. The predicted molar refractivity (Wildman–Crippen MR) is 87.5 cm³/mol. The van der Waals surface area contributed by atoms with E-state index in [1.807, 2.05) is 18.2 Å². The topological polar surface area (TPSA) is 69.7 Å². The number of hydrogen-bond donors (Lipinski definition) is 0. The van der Waals surface area contributed by atoms with Crippen molar-refractivity contribution in [1.82, 2.24) is 0 Å². The Kier molecular flexibility index (Phi) is 5.52. The maximum atomic E-state index is 11.8. The molecule has 2 rings (SSSR count). The van der Waals surface area contributed by atoms with Crippen molar-refractivity contribution in [3.05, 3.63) is 59.7 Å². The van der Waals surface area contributed by atoms with E-state index in [2.05, 4.69) is 0 Å². The zero-order valence-corrected chi connectivity index (χ0v) is 13.8. The highest BCUT2D eigenvalue weighted by atomic mass is 32.2. The minimum absolute atomic E-state index is 0.00196. The molecule has 2 aromatic rings. The second-order valence-electron chi connectivity index (χ2n) is 4.96. The van der Waals surface area contributed by atoms with Crippen molar-refractivity contribution in [1.29, 1.82) is 0 Å². The molecule has 0 radical (unpaired) electrons. The highest BCUT2D eigenvalue weighted by Gasteiger charge is 2.08. The van der Waals surface area contributed by atoms with E-state index in [9.17, 15) is 13.2 Å². The third kappa shape index (κ3) is 5.19. The minimum Gasteiger partial charge on any atom is -0.462 e. The summed E-state index contributed by atoms with van der Waals surface area (Å²) < 4.78 is 31.7. The van der Waals surface area contributed by atoms with Crippen molar-refractivity contribution in [2.45, 2.75) is 13.5 Å². The van der Waals surface area contributed by atoms with E-state index < -0.39 is 10.1 Å². The van der Waals surface area contributed by atoms with E-state index >= 15 is 0 Å². The van der Waals surface area contributed by atoms with E-state index in [0.717, 1.165) is 22.9 Å². The van der Waals surface area contributed by atoms with Crippen LogP contribution in [0.1, 0.15) is 22.8 Å². The van der Waals surface area contributed by atoms with Gasteiger partial charge in [0.25, 0.3) is 10.1 Å². The maximum Gasteiger partial charge on any atom is 0.338 e. The standard InChI is InChI=1S/C17H18O5S/c1-3-21-17(18)16-6-4-5-15(11-16)14-9-7-13(8-10-14)12-22-23(2,19)20/h4-11H,3,12H2,1-2H3. The maximum absolute atomic E-state index is 11.8. The van der Waals surface area contributed by atoms with Crippen molar-refractivity contribution in [2.75, 3.05) is 12.9 Å². The van der Waals surface area contributed by atoms with Crippen LogP contribution in [0.3, 0.4) is 0 Å². The summed E-state index contributed by atoms with van der Waals surface area (Å²) in [4.78, 5) is 11.8. The number of benzene rings is 2. The molecule has 6 heteroatoms. The Morgan fingerprint density at radius 2 is 1.74 bits per heavy atom. The number of carbonyl (C=O) groups is 1. The zero-order valence-electron chi connectivity index (χ0n) is 13.0. The summed E-state index contributed by atoms with van der Waals surface area (Å²) in [5.41, 5.74) is 3.04. The van der Waals surface area contributed by atoms with Gasteiger partial charge in [-0.05, 0) is 35.7 Å². The molecule has 0 aliphatic rings. The lowest BCUT2D eigenvalue weighted by Gasteiger charge is -2.07. The first-order chi connectivity index (χ1) is 10.9. The van der Waals surface area contributed by atoms with E-state index in [-0.39, 0.29) is 12.6 Å². The van der Waals surface area contributed by atoms with E-state index in [0.29, 0.717) is 12.2 Å². The van der Waals surface area contributed by atoms with Crippen LogP contribution in [-0.2, 0) is 25.6 Å². The Bertz CT molecular complexity index is 779. The van der Waals surface area contributed by atoms with Gasteiger partial charge >= 0.3 is 5.97 Å². The van der Waals surface area contributed by atoms with Crippen LogP contribution in [0.5, 0.6) is 0 Å². The van der Waals surface area contributed by atoms with Gasteiger partial charge in [0.2, 0.25) is 0 Å². The first-order valence-electron chi connectivity index (χ1n) is 7.10. The van der Waals surface area contributed by atoms with E-state index in [4.69, 9.17) is 8.92 Å². The molecular weight excluding hydrogens is 316 g/mol. The van der Waals surface area contributed by atoms with Crippen LogP contribution in [0.2, 0.25) is 0 Å². The monoisotopic (exact) mass is 334 g/mol. The number of carbonyl (C=O) groups excluding carboxylic acids is 1. The number of rotatable bonds is 6. The quantitative estimate of drug-likeness (QED) is 0.600. The normalized spacial score (nSPS) is 11.2. The minimum atomic E-state index is -3.46. The van der Waals surface area contributed by atoms with Crippen molar-refractivity contribution >= 4 is 16.1 Å². The first-order valence-corrected chi connectivity index (χ1v) is 8.91. The van der Waals surface area contributed by atoms with E-state index in [1.54, 1.807) is 37.3 Å². The number of ether oxygens (including phenoxy) is 1. The molecule has 2 aromatic carbocycles. The molecule has 0 amide bonds. The third-order valence-corrected chi connectivity index (χ3v) is 3.65. The van der Waals surface area contributed by atoms with Crippen LogP contribution < -0.4 is 0 Å². The van der Waals surface area contributed by atoms with Crippen molar-refractivity contribution in [2.24, 2.45) is 0 Å². The fourth-order valence-corrected chi connectivity index (χ4v) is 2.36. The summed E-state index contributed by atoms with van der Waals surface area (Å²) >= 11 is 0. The van der Waals surface area contributed by atoms with Crippen molar-refractivity contribution in [3.8, 4) is 11.1 Å². The molecule has 0 bridgehead atoms. The molecule has 23 heavy (non-hydrogen) atoms. The summed E-state index contributed by atoms with van der Waals surface area (Å²) in [6.45, 7) is 2.10. The summed E-state index contributed by atoms with van der Waals surface area (Å²) in [6.07, 6.45) is 1.02. The molecule has 122 valence electrons. The van der Waals surface area contributed by atoms with Gasteiger partial charge in [-0.25, -0.2) is 4.79 Å². The van der Waals surface area contributed by atoms with Crippen molar-refractivity contribution in [3.63, 3.8) is 0 Å². The lowest BCUT2D eigenvalue weighted by atomic mass is 10.0. The average molecular weight is 334 g/mol. The van der Waals surface area contributed by atoms with Gasteiger partial charge in [-0.15, -0.1) is 0 Å². The van der Waals surface area contributed by atoms with Crippen LogP contribution in [-0.4, -0.2) is 27.2 Å². The smallest absolute Gasteiger partial charge is 0.338 e. The largest absolute Gasteiger partial charge is 0.462 e. The highest BCUT2D eigenvalue weighted by molar-refractivity contribution is 7.85. The van der Waals surface area contributed by atoms with Crippen LogP contribution in [0.4, 0.5) is 0 Å². The van der Waals surface area contributed by atoms with Gasteiger partial charge in [-0.2, -0.15) is 8.42 Å². The van der Waals surface area contributed by atoms with Gasteiger partial charge in [-0.1, -0.05) is 36.4 Å². The van der Waals surface area contributed by atoms with Gasteiger partial charge in [0.05, 0.1) is 25.0 Å². The van der Waals surface area contributed by atoms with Gasteiger partial charge in [0, 0.05) is 0 Å². The average Bonchev–Trinajstić information content (AvgIpc) is 2.53. The Balaban J connectivity index is 2.16. The molecule has 0 heterocycles. The van der Waals surface area contributed by atoms with Crippen LogP contribution in [0.15, 0.2) is 48.5 Å². The molecule has 0 fully saturated rings. The molecule has 0 N–H and O–H groups in total. The van der Waals surface area contributed by atoms with Gasteiger partial charge < -0.3 is 4.74 Å². The molecule has 5 nitrogen and oxygen atoms in total. The first kappa shape index (κ1) is 17.2. The molecule has 0 aromatic heterocycles. The lowest BCUT2D eigenvalue weighted by Crippen LogP contribution is -2.04. The van der Waals surface area contributed by atoms with Gasteiger partial charge in [0.1, 0.15) is 0 Å². The van der Waals surface area contributed by atoms with Crippen LogP contribution in [0.25, 0.3) is 11.1 Å². The molecule has 0 aliphatic carbocycles. The van der Waals surface area contributed by atoms with Gasteiger partial charge in [0.15, 0.2) is 0 Å². The lowest BCUT2D eigenvalue weighted by molar-refractivity contribution is 0.0526. The van der Waals surface area contributed by atoms with Crippen LogP contribution >= 0.6 is 0 Å². The third-order valence-electron chi connectivity index (χ3n) is 3.10.